The predicted octanol–water partition coefficient (Wildman–Crippen LogP) is 3.46. The van der Waals surface area contributed by atoms with Gasteiger partial charge in [0.25, 0.3) is 0 Å². The van der Waals surface area contributed by atoms with Crippen LogP contribution in [0.2, 0.25) is 0 Å². The molecule has 0 aliphatic rings. The van der Waals surface area contributed by atoms with E-state index in [4.69, 9.17) is 0 Å². The Balaban J connectivity index is 2.57. The topological polar surface area (TPSA) is 50.7 Å². The van der Waals surface area contributed by atoms with Crippen molar-refractivity contribution in [1.82, 2.24) is 15.0 Å². The minimum Gasteiger partial charge on any atom is -0.370 e. The molecule has 0 unspecified atom stereocenters. The largest absolute Gasteiger partial charge is 0.370 e. The molecule has 0 spiro atoms. The molecule has 2 aromatic rings. The lowest BCUT2D eigenvalue weighted by Crippen LogP contribution is -2.08. The van der Waals surface area contributed by atoms with E-state index in [-0.39, 0.29) is 0 Å². The smallest absolute Gasteiger partial charge is 0.180 e. The normalized spacial score (nSPS) is 10.7. The quantitative estimate of drug-likeness (QED) is 0.924. The van der Waals surface area contributed by atoms with Crippen molar-refractivity contribution < 1.29 is 0 Å². The number of hydrogen-bond acceptors (Lipinski definition) is 4. The molecule has 2 aromatic heterocycles. The van der Waals surface area contributed by atoms with E-state index in [0.717, 1.165) is 41.3 Å². The Labute approximate surface area is 120 Å². The van der Waals surface area contributed by atoms with E-state index in [1.165, 1.54) is 5.56 Å². The Morgan fingerprint density at radius 3 is 2.45 bits per heavy atom. The van der Waals surface area contributed by atoms with Crippen LogP contribution in [-0.2, 0) is 6.42 Å². The van der Waals surface area contributed by atoms with E-state index in [2.05, 4.69) is 47.1 Å². The van der Waals surface area contributed by atoms with Crippen LogP contribution in [0.15, 0.2) is 12.3 Å². The third-order valence-electron chi connectivity index (χ3n) is 3.34. The summed E-state index contributed by atoms with van der Waals surface area (Å²) >= 11 is 0. The first-order valence-electron chi connectivity index (χ1n) is 7.11. The van der Waals surface area contributed by atoms with Crippen LogP contribution in [0.3, 0.4) is 0 Å². The predicted molar refractivity (Wildman–Crippen MR) is 83.0 cm³/mol. The van der Waals surface area contributed by atoms with Gasteiger partial charge in [0.05, 0.1) is 0 Å². The zero-order chi connectivity index (χ0) is 14.7. The van der Waals surface area contributed by atoms with Crippen LogP contribution in [0.1, 0.15) is 36.2 Å². The molecule has 106 valence electrons. The lowest BCUT2D eigenvalue weighted by Gasteiger charge is -2.13. The maximum absolute atomic E-state index is 4.67. The van der Waals surface area contributed by atoms with Gasteiger partial charge in [-0.25, -0.2) is 9.97 Å². The fourth-order valence-electron chi connectivity index (χ4n) is 2.39. The Morgan fingerprint density at radius 2 is 1.85 bits per heavy atom. The van der Waals surface area contributed by atoms with Gasteiger partial charge in [0.15, 0.2) is 5.82 Å². The van der Waals surface area contributed by atoms with Crippen LogP contribution < -0.4 is 5.32 Å². The van der Waals surface area contributed by atoms with Crippen molar-refractivity contribution in [2.24, 2.45) is 0 Å². The molecule has 1 N–H and O–H groups in total. The number of aromatic nitrogens is 3. The number of pyridine rings is 1. The summed E-state index contributed by atoms with van der Waals surface area (Å²) in [5.41, 5.74) is 5.33. The highest BCUT2D eigenvalue weighted by molar-refractivity contribution is 5.59. The summed E-state index contributed by atoms with van der Waals surface area (Å²) in [6, 6.07) is 2.11. The molecule has 0 fully saturated rings. The van der Waals surface area contributed by atoms with Crippen LogP contribution in [0, 0.1) is 20.8 Å². The van der Waals surface area contributed by atoms with Crippen molar-refractivity contribution >= 4 is 5.82 Å². The van der Waals surface area contributed by atoms with E-state index in [1.54, 1.807) is 0 Å². The van der Waals surface area contributed by atoms with E-state index in [1.807, 2.05) is 20.0 Å². The first-order chi connectivity index (χ1) is 9.56. The summed E-state index contributed by atoms with van der Waals surface area (Å²) in [7, 11) is 0. The summed E-state index contributed by atoms with van der Waals surface area (Å²) in [6.07, 6.45) is 2.79. The minimum atomic E-state index is 0.702. The molecule has 2 heterocycles. The summed E-state index contributed by atoms with van der Waals surface area (Å²) < 4.78 is 0. The molecule has 4 heteroatoms. The molecule has 0 saturated carbocycles. The zero-order valence-corrected chi connectivity index (χ0v) is 12.9. The number of nitrogens with zero attached hydrogens (tertiary/aromatic N) is 3. The van der Waals surface area contributed by atoms with Crippen LogP contribution in [-0.4, -0.2) is 21.5 Å². The second-order valence-corrected chi connectivity index (χ2v) is 5.02. The summed E-state index contributed by atoms with van der Waals surface area (Å²) in [6.45, 7) is 11.2. The molecule has 0 amide bonds. The van der Waals surface area contributed by atoms with Crippen LogP contribution in [0.5, 0.6) is 0 Å². The Morgan fingerprint density at radius 1 is 1.10 bits per heavy atom. The van der Waals surface area contributed by atoms with Crippen molar-refractivity contribution in [3.63, 3.8) is 0 Å². The highest BCUT2D eigenvalue weighted by Gasteiger charge is 2.13. The van der Waals surface area contributed by atoms with Crippen molar-refractivity contribution in [3.05, 3.63) is 34.6 Å². The number of anilines is 1. The van der Waals surface area contributed by atoms with Gasteiger partial charge in [-0.1, -0.05) is 13.0 Å². The third-order valence-corrected chi connectivity index (χ3v) is 3.34. The molecule has 0 aliphatic heterocycles. The van der Waals surface area contributed by atoms with Gasteiger partial charge in [-0.3, -0.25) is 4.98 Å². The summed E-state index contributed by atoms with van der Waals surface area (Å²) in [5.74, 6) is 1.63. The van der Waals surface area contributed by atoms with E-state index in [9.17, 15) is 0 Å². The standard InChI is InChI=1S/C16H22N4/c1-6-13-12(5)19-16(20-15(13)17-7-2)14-11(4)8-10(3)9-18-14/h8-9H,6-7H2,1-5H3,(H,17,19,20). The third kappa shape index (κ3) is 2.79. The Hall–Kier alpha value is -1.97. The fraction of sp³-hybridized carbons (Fsp3) is 0.438. The molecule has 4 nitrogen and oxygen atoms in total. The molecular weight excluding hydrogens is 248 g/mol. The summed E-state index contributed by atoms with van der Waals surface area (Å²) in [5, 5.41) is 3.33. The van der Waals surface area contributed by atoms with Gasteiger partial charge < -0.3 is 5.32 Å². The lowest BCUT2D eigenvalue weighted by molar-refractivity contribution is 0.980. The first-order valence-corrected chi connectivity index (χ1v) is 7.11. The van der Waals surface area contributed by atoms with Crippen LogP contribution in [0.4, 0.5) is 5.82 Å². The first kappa shape index (κ1) is 14.4. The minimum absolute atomic E-state index is 0.702. The molecule has 20 heavy (non-hydrogen) atoms. The summed E-state index contributed by atoms with van der Waals surface area (Å²) in [4.78, 5) is 13.8. The van der Waals surface area contributed by atoms with Gasteiger partial charge in [-0.15, -0.1) is 0 Å². The Kier molecular flexibility index (Phi) is 4.32. The maximum Gasteiger partial charge on any atom is 0.180 e. The van der Waals surface area contributed by atoms with Crippen LogP contribution in [0.25, 0.3) is 11.5 Å². The number of nitrogens with one attached hydrogen (secondary N) is 1. The number of aryl methyl sites for hydroxylation is 3. The van der Waals surface area contributed by atoms with Gasteiger partial charge in [0.2, 0.25) is 0 Å². The van der Waals surface area contributed by atoms with Gasteiger partial charge in [-0.2, -0.15) is 0 Å². The second-order valence-electron chi connectivity index (χ2n) is 5.02. The molecule has 0 aromatic carbocycles. The highest BCUT2D eigenvalue weighted by atomic mass is 15.0. The highest BCUT2D eigenvalue weighted by Crippen LogP contribution is 2.23. The van der Waals surface area contributed by atoms with Gasteiger partial charge in [0, 0.05) is 24.0 Å². The van der Waals surface area contributed by atoms with E-state index >= 15 is 0 Å². The second kappa shape index (κ2) is 5.99. The number of hydrogen-bond donors (Lipinski definition) is 1. The Bertz CT molecular complexity index is 620. The molecular formula is C16H22N4. The average Bonchev–Trinajstić information content (AvgIpc) is 2.38. The monoisotopic (exact) mass is 270 g/mol. The zero-order valence-electron chi connectivity index (χ0n) is 12.9. The van der Waals surface area contributed by atoms with Gasteiger partial charge in [0.1, 0.15) is 11.5 Å². The SMILES string of the molecule is CCNc1nc(-c2ncc(C)cc2C)nc(C)c1CC. The lowest BCUT2D eigenvalue weighted by atomic mass is 10.1. The number of rotatable bonds is 4. The average molecular weight is 270 g/mol. The van der Waals surface area contributed by atoms with Gasteiger partial charge in [-0.05, 0) is 45.2 Å². The molecule has 0 atom stereocenters. The van der Waals surface area contributed by atoms with Crippen molar-refractivity contribution in [2.75, 3.05) is 11.9 Å². The van der Waals surface area contributed by atoms with E-state index in [0.29, 0.717) is 5.82 Å². The maximum atomic E-state index is 4.67. The van der Waals surface area contributed by atoms with Crippen molar-refractivity contribution in [2.45, 2.75) is 41.0 Å². The van der Waals surface area contributed by atoms with Gasteiger partial charge >= 0.3 is 0 Å². The van der Waals surface area contributed by atoms with Crippen molar-refractivity contribution in [1.29, 1.82) is 0 Å². The van der Waals surface area contributed by atoms with Crippen molar-refractivity contribution in [3.8, 4) is 11.5 Å². The molecule has 2 rings (SSSR count). The van der Waals surface area contributed by atoms with Crippen LogP contribution >= 0.6 is 0 Å². The molecule has 0 bridgehead atoms. The van der Waals surface area contributed by atoms with E-state index < -0.39 is 0 Å². The molecule has 0 saturated heterocycles. The fourth-order valence-corrected chi connectivity index (χ4v) is 2.39. The molecule has 0 radical (unpaired) electrons. The molecule has 0 aliphatic carbocycles.